The lowest BCUT2D eigenvalue weighted by atomic mass is 10.1. The molecule has 0 saturated carbocycles. The minimum Gasteiger partial charge on any atom is -0.365 e. The van der Waals surface area contributed by atoms with Crippen LogP contribution in [0.4, 0.5) is 5.82 Å². The van der Waals surface area contributed by atoms with Crippen LogP contribution in [0.3, 0.4) is 0 Å². The molecule has 0 fully saturated rings. The zero-order valence-electron chi connectivity index (χ0n) is 14.3. The molecule has 26 heavy (non-hydrogen) atoms. The molecular formula is C19H18N6O. The molecule has 4 rings (SSSR count). The number of pyridine rings is 1. The van der Waals surface area contributed by atoms with Gasteiger partial charge in [0.15, 0.2) is 5.82 Å². The van der Waals surface area contributed by atoms with Crippen molar-refractivity contribution >= 4 is 5.82 Å². The molecule has 0 radical (unpaired) electrons. The number of benzene rings is 1. The van der Waals surface area contributed by atoms with Gasteiger partial charge in [0.2, 0.25) is 0 Å². The molecular weight excluding hydrogens is 328 g/mol. The first-order valence-corrected chi connectivity index (χ1v) is 8.31. The monoisotopic (exact) mass is 346 g/mol. The van der Waals surface area contributed by atoms with E-state index in [-0.39, 0.29) is 0 Å². The molecule has 0 amide bonds. The minimum atomic E-state index is 0.466. The van der Waals surface area contributed by atoms with Crippen LogP contribution in [0.1, 0.15) is 17.0 Å². The molecule has 0 aliphatic heterocycles. The number of hydrogen-bond acceptors (Lipinski definition) is 6. The van der Waals surface area contributed by atoms with E-state index in [0.717, 1.165) is 23.5 Å². The summed E-state index contributed by atoms with van der Waals surface area (Å²) in [6.45, 7) is 3.26. The molecule has 3 heterocycles. The molecule has 130 valence electrons. The minimum absolute atomic E-state index is 0.466. The van der Waals surface area contributed by atoms with Crippen LogP contribution in [0, 0.1) is 6.92 Å². The van der Waals surface area contributed by atoms with Crippen LogP contribution in [0.5, 0.6) is 0 Å². The largest absolute Gasteiger partial charge is 0.365 e. The van der Waals surface area contributed by atoms with Crippen LogP contribution >= 0.6 is 0 Å². The first-order valence-electron chi connectivity index (χ1n) is 8.31. The van der Waals surface area contributed by atoms with Crippen molar-refractivity contribution in [2.24, 2.45) is 0 Å². The predicted molar refractivity (Wildman–Crippen MR) is 97.4 cm³/mol. The topological polar surface area (TPSA) is 81.7 Å². The maximum Gasteiger partial charge on any atom is 0.261 e. The van der Waals surface area contributed by atoms with Gasteiger partial charge in [-0.1, -0.05) is 29.4 Å². The Morgan fingerprint density at radius 2 is 1.92 bits per heavy atom. The Morgan fingerprint density at radius 3 is 2.65 bits per heavy atom. The molecule has 0 bridgehead atoms. The van der Waals surface area contributed by atoms with Gasteiger partial charge >= 0.3 is 0 Å². The summed E-state index contributed by atoms with van der Waals surface area (Å²) in [7, 11) is 0. The van der Waals surface area contributed by atoms with Gasteiger partial charge in [0.05, 0.1) is 11.9 Å². The van der Waals surface area contributed by atoms with Crippen LogP contribution in [0.2, 0.25) is 0 Å². The third-order valence-electron chi connectivity index (χ3n) is 3.97. The fourth-order valence-corrected chi connectivity index (χ4v) is 2.66. The first kappa shape index (κ1) is 16.0. The molecule has 7 heteroatoms. The van der Waals surface area contributed by atoms with Crippen molar-refractivity contribution < 1.29 is 4.52 Å². The summed E-state index contributed by atoms with van der Waals surface area (Å²) in [5.41, 5.74) is 3.19. The highest BCUT2D eigenvalue weighted by Gasteiger charge is 2.12. The van der Waals surface area contributed by atoms with Gasteiger partial charge in [0.1, 0.15) is 5.82 Å². The number of nitrogens with zero attached hydrogens (tertiary/aromatic N) is 5. The van der Waals surface area contributed by atoms with E-state index in [1.807, 2.05) is 29.2 Å². The van der Waals surface area contributed by atoms with Crippen molar-refractivity contribution in [3.8, 4) is 11.5 Å². The summed E-state index contributed by atoms with van der Waals surface area (Å²) in [5.74, 6) is 1.79. The summed E-state index contributed by atoms with van der Waals surface area (Å²) in [6.07, 6.45) is 7.30. The first-order chi connectivity index (χ1) is 12.8. The van der Waals surface area contributed by atoms with Crippen molar-refractivity contribution in [3.63, 3.8) is 0 Å². The normalized spacial score (nSPS) is 10.8. The predicted octanol–water partition coefficient (Wildman–Crippen LogP) is 3.30. The second-order valence-corrected chi connectivity index (χ2v) is 5.95. The average Bonchev–Trinajstić information content (AvgIpc) is 3.33. The van der Waals surface area contributed by atoms with Gasteiger partial charge in [-0.25, -0.2) is 9.97 Å². The summed E-state index contributed by atoms with van der Waals surface area (Å²) in [4.78, 5) is 12.7. The summed E-state index contributed by atoms with van der Waals surface area (Å²) in [6, 6.07) is 12.2. The van der Waals surface area contributed by atoms with E-state index in [4.69, 9.17) is 4.52 Å². The maximum absolute atomic E-state index is 5.26. The number of aromatic nitrogens is 5. The number of aryl methyl sites for hydroxylation is 1. The zero-order valence-corrected chi connectivity index (χ0v) is 14.3. The van der Waals surface area contributed by atoms with Crippen molar-refractivity contribution in [2.75, 3.05) is 5.32 Å². The molecule has 1 aromatic carbocycles. The molecule has 0 unspecified atom stereocenters. The summed E-state index contributed by atoms with van der Waals surface area (Å²) >= 11 is 0. The quantitative estimate of drug-likeness (QED) is 0.577. The number of rotatable bonds is 6. The Balaban J connectivity index is 1.44. The Labute approximate surface area is 150 Å². The third kappa shape index (κ3) is 3.61. The highest BCUT2D eigenvalue weighted by atomic mass is 16.5. The molecule has 0 aliphatic carbocycles. The van der Waals surface area contributed by atoms with E-state index in [1.165, 1.54) is 5.56 Å². The molecule has 3 aromatic heterocycles. The van der Waals surface area contributed by atoms with E-state index in [0.29, 0.717) is 18.3 Å². The summed E-state index contributed by atoms with van der Waals surface area (Å²) in [5, 5.41) is 7.19. The van der Waals surface area contributed by atoms with E-state index in [9.17, 15) is 0 Å². The van der Waals surface area contributed by atoms with Gasteiger partial charge in [-0.2, -0.15) is 4.98 Å². The Bertz CT molecular complexity index is 975. The van der Waals surface area contributed by atoms with E-state index < -0.39 is 0 Å². The summed E-state index contributed by atoms with van der Waals surface area (Å²) < 4.78 is 7.30. The smallest absolute Gasteiger partial charge is 0.261 e. The Kier molecular flexibility index (Phi) is 4.42. The standard InChI is InChI=1S/C19H18N6O/c1-14-23-19(26-24-14)17-3-2-8-21-18(17)22-11-15-4-6-16(7-5-15)12-25-10-9-20-13-25/h2-10,13H,11-12H2,1H3,(H,21,22). The fraction of sp³-hybridized carbons (Fsp3) is 0.158. The zero-order chi connectivity index (χ0) is 17.8. The second kappa shape index (κ2) is 7.18. The lowest BCUT2D eigenvalue weighted by Gasteiger charge is -2.09. The molecule has 0 atom stereocenters. The van der Waals surface area contributed by atoms with Gasteiger partial charge in [-0.3, -0.25) is 0 Å². The van der Waals surface area contributed by atoms with E-state index in [2.05, 4.69) is 49.7 Å². The van der Waals surface area contributed by atoms with Crippen molar-refractivity contribution in [1.82, 2.24) is 24.7 Å². The second-order valence-electron chi connectivity index (χ2n) is 5.95. The highest BCUT2D eigenvalue weighted by Crippen LogP contribution is 2.24. The third-order valence-corrected chi connectivity index (χ3v) is 3.97. The van der Waals surface area contributed by atoms with Crippen molar-refractivity contribution in [1.29, 1.82) is 0 Å². The van der Waals surface area contributed by atoms with Crippen LogP contribution in [-0.4, -0.2) is 24.7 Å². The van der Waals surface area contributed by atoms with Gasteiger partial charge in [0, 0.05) is 31.7 Å². The van der Waals surface area contributed by atoms with Crippen LogP contribution in [-0.2, 0) is 13.1 Å². The van der Waals surface area contributed by atoms with Crippen molar-refractivity contribution in [2.45, 2.75) is 20.0 Å². The molecule has 4 aromatic rings. The molecule has 0 aliphatic rings. The maximum atomic E-state index is 5.26. The number of hydrogen-bond donors (Lipinski definition) is 1. The molecule has 0 spiro atoms. The number of imidazole rings is 1. The van der Waals surface area contributed by atoms with Crippen molar-refractivity contribution in [3.05, 3.63) is 78.3 Å². The van der Waals surface area contributed by atoms with Crippen LogP contribution in [0.15, 0.2) is 65.8 Å². The van der Waals surface area contributed by atoms with Gasteiger partial charge in [-0.05, 0) is 30.2 Å². The number of nitrogens with one attached hydrogen (secondary N) is 1. The lowest BCUT2D eigenvalue weighted by molar-refractivity contribution is 0.425. The fourth-order valence-electron chi connectivity index (χ4n) is 2.66. The highest BCUT2D eigenvalue weighted by molar-refractivity contribution is 5.68. The number of anilines is 1. The average molecular weight is 346 g/mol. The molecule has 7 nitrogen and oxygen atoms in total. The van der Waals surface area contributed by atoms with Gasteiger partial charge in [-0.15, -0.1) is 0 Å². The molecule has 1 N–H and O–H groups in total. The Hall–Kier alpha value is -3.48. The van der Waals surface area contributed by atoms with Gasteiger partial charge in [0.25, 0.3) is 5.89 Å². The van der Waals surface area contributed by atoms with E-state index in [1.54, 1.807) is 19.3 Å². The van der Waals surface area contributed by atoms with Gasteiger partial charge < -0.3 is 14.4 Å². The molecule has 0 saturated heterocycles. The lowest BCUT2D eigenvalue weighted by Crippen LogP contribution is -2.03. The SMILES string of the molecule is Cc1noc(-c2cccnc2NCc2ccc(Cn3ccnc3)cc2)n1. The van der Waals surface area contributed by atoms with Crippen LogP contribution < -0.4 is 5.32 Å². The van der Waals surface area contributed by atoms with E-state index >= 15 is 0 Å². The van der Waals surface area contributed by atoms with Crippen LogP contribution in [0.25, 0.3) is 11.5 Å². The Morgan fingerprint density at radius 1 is 1.08 bits per heavy atom.